The van der Waals surface area contributed by atoms with Gasteiger partial charge in [-0.25, -0.2) is 0 Å². The van der Waals surface area contributed by atoms with Gasteiger partial charge in [-0.1, -0.05) is 30.7 Å². The van der Waals surface area contributed by atoms with Crippen LogP contribution in [-0.2, 0) is 22.4 Å². The molecule has 0 aliphatic heterocycles. The first-order valence-electron chi connectivity index (χ1n) is 8.22. The van der Waals surface area contributed by atoms with E-state index in [4.69, 9.17) is 0 Å². The first-order valence-corrected chi connectivity index (χ1v) is 8.22. The lowest BCUT2D eigenvalue weighted by atomic mass is 9.82. The molecule has 1 saturated carbocycles. The number of benzene rings is 1. The molecule has 0 bridgehead atoms. The second-order valence-corrected chi connectivity index (χ2v) is 6.63. The van der Waals surface area contributed by atoms with Gasteiger partial charge < -0.3 is 10.4 Å². The van der Waals surface area contributed by atoms with Gasteiger partial charge in [-0.3, -0.25) is 9.59 Å². The van der Waals surface area contributed by atoms with Crippen LogP contribution in [0.15, 0.2) is 24.3 Å². The highest BCUT2D eigenvalue weighted by Gasteiger charge is 2.34. The van der Waals surface area contributed by atoms with Crippen LogP contribution in [0.2, 0.25) is 0 Å². The Kier molecular flexibility index (Phi) is 4.46. The van der Waals surface area contributed by atoms with Crippen molar-refractivity contribution < 1.29 is 14.7 Å². The van der Waals surface area contributed by atoms with Crippen LogP contribution < -0.4 is 5.32 Å². The Bertz CT molecular complexity index is 569. The number of hydrogen-bond donors (Lipinski definition) is 2. The second kappa shape index (κ2) is 6.51. The number of carboxylic acids is 1. The van der Waals surface area contributed by atoms with E-state index in [1.807, 2.05) is 0 Å². The van der Waals surface area contributed by atoms with Crippen molar-refractivity contribution >= 4 is 11.9 Å². The molecule has 4 heteroatoms. The molecule has 2 N–H and O–H groups in total. The summed E-state index contributed by atoms with van der Waals surface area (Å²) >= 11 is 0. The number of fused-ring (bicyclic) bond motifs is 1. The Balaban J connectivity index is 1.54. The number of rotatable bonds is 4. The average molecular weight is 301 g/mol. The summed E-state index contributed by atoms with van der Waals surface area (Å²) in [6.45, 7) is 0. The van der Waals surface area contributed by atoms with Crippen LogP contribution in [0, 0.1) is 11.8 Å². The molecule has 3 atom stereocenters. The molecule has 0 spiro atoms. The maximum absolute atomic E-state index is 12.2. The van der Waals surface area contributed by atoms with Gasteiger partial charge in [-0.15, -0.1) is 0 Å². The van der Waals surface area contributed by atoms with Gasteiger partial charge in [0, 0.05) is 12.5 Å². The molecule has 1 fully saturated rings. The minimum atomic E-state index is -0.783. The summed E-state index contributed by atoms with van der Waals surface area (Å²) in [5, 5.41) is 12.1. The lowest BCUT2D eigenvalue weighted by Crippen LogP contribution is -2.41. The molecule has 0 aromatic heterocycles. The maximum atomic E-state index is 12.2. The molecule has 1 aromatic rings. The molecule has 0 radical (unpaired) electrons. The first kappa shape index (κ1) is 15.1. The number of amides is 1. The fourth-order valence-electron chi connectivity index (χ4n) is 3.90. The lowest BCUT2D eigenvalue weighted by molar-refractivity contribution is -0.142. The molecular weight excluding hydrogens is 278 g/mol. The van der Waals surface area contributed by atoms with Gasteiger partial charge in [0.05, 0.1) is 5.92 Å². The summed E-state index contributed by atoms with van der Waals surface area (Å²) in [7, 11) is 0. The highest BCUT2D eigenvalue weighted by molar-refractivity contribution is 5.78. The van der Waals surface area contributed by atoms with E-state index in [9.17, 15) is 14.7 Å². The van der Waals surface area contributed by atoms with E-state index in [0.717, 1.165) is 32.1 Å². The first-order chi connectivity index (χ1) is 10.6. The summed E-state index contributed by atoms with van der Waals surface area (Å²) in [5.74, 6) is -0.799. The van der Waals surface area contributed by atoms with E-state index in [2.05, 4.69) is 29.6 Å². The smallest absolute Gasteiger partial charge is 0.308 e. The molecule has 4 nitrogen and oxygen atoms in total. The topological polar surface area (TPSA) is 66.4 Å². The van der Waals surface area contributed by atoms with E-state index in [1.54, 1.807) is 0 Å². The van der Waals surface area contributed by atoms with Crippen LogP contribution in [0.4, 0.5) is 0 Å². The van der Waals surface area contributed by atoms with Gasteiger partial charge in [0.15, 0.2) is 0 Å². The Morgan fingerprint density at radius 2 is 1.91 bits per heavy atom. The standard InChI is InChI=1S/C18H23NO3/c20-17(19-16-7-3-6-15(16)18(21)22)11-12-8-9-13-4-1-2-5-14(13)10-12/h1-2,4-5,12,15-16H,3,6-11H2,(H,19,20)(H,21,22)/t12?,15-,16+/m1/s1. The van der Waals surface area contributed by atoms with Crippen molar-refractivity contribution in [3.05, 3.63) is 35.4 Å². The van der Waals surface area contributed by atoms with Crippen LogP contribution in [0.5, 0.6) is 0 Å². The fourth-order valence-corrected chi connectivity index (χ4v) is 3.90. The molecule has 1 amide bonds. The number of nitrogens with one attached hydrogen (secondary N) is 1. The number of hydrogen-bond acceptors (Lipinski definition) is 2. The lowest BCUT2D eigenvalue weighted by Gasteiger charge is -2.25. The zero-order valence-electron chi connectivity index (χ0n) is 12.8. The highest BCUT2D eigenvalue weighted by Crippen LogP contribution is 2.29. The van der Waals surface area contributed by atoms with Gasteiger partial charge in [-0.2, -0.15) is 0 Å². The number of aryl methyl sites for hydroxylation is 1. The van der Waals surface area contributed by atoms with Crippen molar-refractivity contribution in [1.29, 1.82) is 0 Å². The molecule has 3 rings (SSSR count). The fraction of sp³-hybridized carbons (Fsp3) is 0.556. The third-order valence-corrected chi connectivity index (χ3v) is 5.10. The van der Waals surface area contributed by atoms with E-state index < -0.39 is 11.9 Å². The van der Waals surface area contributed by atoms with Crippen LogP contribution in [-0.4, -0.2) is 23.0 Å². The Labute approximate surface area is 130 Å². The van der Waals surface area contributed by atoms with Crippen LogP contribution in [0.25, 0.3) is 0 Å². The van der Waals surface area contributed by atoms with E-state index in [-0.39, 0.29) is 11.9 Å². The van der Waals surface area contributed by atoms with Gasteiger partial charge >= 0.3 is 5.97 Å². The molecule has 0 heterocycles. The van der Waals surface area contributed by atoms with Crippen molar-refractivity contribution in [3.63, 3.8) is 0 Å². The third-order valence-electron chi connectivity index (χ3n) is 5.10. The number of carbonyl (C=O) groups excluding carboxylic acids is 1. The zero-order valence-corrected chi connectivity index (χ0v) is 12.8. The monoisotopic (exact) mass is 301 g/mol. The minimum Gasteiger partial charge on any atom is -0.481 e. The molecular formula is C18H23NO3. The predicted octanol–water partition coefficient (Wildman–Crippen LogP) is 2.55. The number of carboxylic acid groups (broad SMARTS) is 1. The molecule has 118 valence electrons. The number of carbonyl (C=O) groups is 2. The number of aliphatic carboxylic acids is 1. The van der Waals surface area contributed by atoms with Crippen LogP contribution in [0.3, 0.4) is 0 Å². The molecule has 2 aliphatic rings. The molecule has 1 aromatic carbocycles. The van der Waals surface area contributed by atoms with E-state index in [0.29, 0.717) is 18.8 Å². The normalized spacial score (nSPS) is 27.2. The van der Waals surface area contributed by atoms with Crippen molar-refractivity contribution in [2.75, 3.05) is 0 Å². The van der Waals surface area contributed by atoms with Gasteiger partial charge in [0.1, 0.15) is 0 Å². The minimum absolute atomic E-state index is 0.0162. The molecule has 22 heavy (non-hydrogen) atoms. The van der Waals surface area contributed by atoms with E-state index >= 15 is 0 Å². The van der Waals surface area contributed by atoms with Crippen molar-refractivity contribution in [2.24, 2.45) is 11.8 Å². The van der Waals surface area contributed by atoms with Crippen molar-refractivity contribution in [3.8, 4) is 0 Å². The molecule has 1 unspecified atom stereocenters. The predicted molar refractivity (Wildman–Crippen MR) is 83.5 cm³/mol. The van der Waals surface area contributed by atoms with Crippen LogP contribution >= 0.6 is 0 Å². The SMILES string of the molecule is O=C(CC1CCc2ccccc2C1)N[C@H]1CCC[C@H]1C(=O)O. The molecule has 0 saturated heterocycles. The van der Waals surface area contributed by atoms with Crippen molar-refractivity contribution in [2.45, 2.75) is 51.0 Å². The second-order valence-electron chi connectivity index (χ2n) is 6.63. The summed E-state index contributed by atoms with van der Waals surface area (Å²) < 4.78 is 0. The average Bonchev–Trinajstić information content (AvgIpc) is 2.95. The van der Waals surface area contributed by atoms with Gasteiger partial charge in [0.2, 0.25) is 5.91 Å². The Morgan fingerprint density at radius 3 is 2.68 bits per heavy atom. The third kappa shape index (κ3) is 3.32. The quantitative estimate of drug-likeness (QED) is 0.898. The zero-order chi connectivity index (χ0) is 15.5. The van der Waals surface area contributed by atoms with Gasteiger partial charge in [0.25, 0.3) is 0 Å². The Hall–Kier alpha value is -1.84. The summed E-state index contributed by atoms with van der Waals surface area (Å²) in [4.78, 5) is 23.4. The summed E-state index contributed by atoms with van der Waals surface area (Å²) in [5.41, 5.74) is 2.76. The Morgan fingerprint density at radius 1 is 1.14 bits per heavy atom. The highest BCUT2D eigenvalue weighted by atomic mass is 16.4. The largest absolute Gasteiger partial charge is 0.481 e. The van der Waals surface area contributed by atoms with Crippen LogP contribution in [0.1, 0.15) is 43.2 Å². The van der Waals surface area contributed by atoms with E-state index in [1.165, 1.54) is 11.1 Å². The van der Waals surface area contributed by atoms with Crippen molar-refractivity contribution in [1.82, 2.24) is 5.32 Å². The summed E-state index contributed by atoms with van der Waals surface area (Å²) in [6, 6.07) is 8.26. The van der Waals surface area contributed by atoms with Gasteiger partial charge in [-0.05, 0) is 49.1 Å². The molecule has 2 aliphatic carbocycles. The maximum Gasteiger partial charge on any atom is 0.308 e. The summed E-state index contributed by atoms with van der Waals surface area (Å²) in [6.07, 6.45) is 5.90.